The van der Waals surface area contributed by atoms with Gasteiger partial charge in [0.15, 0.2) is 0 Å². The van der Waals surface area contributed by atoms with Crippen LogP contribution in [0.3, 0.4) is 0 Å². The third kappa shape index (κ3) is 4.03. The lowest BCUT2D eigenvalue weighted by Crippen LogP contribution is -2.25. The summed E-state index contributed by atoms with van der Waals surface area (Å²) in [6.45, 7) is 7.26. The van der Waals surface area contributed by atoms with Crippen molar-refractivity contribution in [3.63, 3.8) is 0 Å². The molecule has 0 amide bonds. The molecular weight excluding hydrogens is 302 g/mol. The lowest BCUT2D eigenvalue weighted by atomic mass is 9.98. The Morgan fingerprint density at radius 3 is 2.62 bits per heavy atom. The second kappa shape index (κ2) is 7.18. The summed E-state index contributed by atoms with van der Waals surface area (Å²) in [6, 6.07) is 10.1. The third-order valence-corrected chi connectivity index (χ3v) is 4.63. The van der Waals surface area contributed by atoms with Crippen LogP contribution in [0.4, 0.5) is 0 Å². The predicted octanol–water partition coefficient (Wildman–Crippen LogP) is 2.25. The second-order valence-corrected chi connectivity index (χ2v) is 7.13. The van der Waals surface area contributed by atoms with Crippen LogP contribution in [0.5, 0.6) is 0 Å². The van der Waals surface area contributed by atoms with Crippen LogP contribution in [0.25, 0.3) is 0 Å². The fraction of sp³-hybridized carbons (Fsp3) is 0.474. The van der Waals surface area contributed by atoms with Crippen LogP contribution in [-0.4, -0.2) is 28.0 Å². The Hall–Kier alpha value is -2.14. The van der Waals surface area contributed by atoms with E-state index in [2.05, 4.69) is 53.0 Å². The number of nitrogens with zero attached hydrogens (tertiary/aromatic N) is 1. The Morgan fingerprint density at radius 1 is 1.17 bits per heavy atom. The molecule has 5 nitrogen and oxygen atoms in total. The van der Waals surface area contributed by atoms with Gasteiger partial charge in [0.25, 0.3) is 5.56 Å². The van der Waals surface area contributed by atoms with Crippen molar-refractivity contribution >= 4 is 0 Å². The van der Waals surface area contributed by atoms with E-state index in [0.717, 1.165) is 38.2 Å². The third-order valence-electron chi connectivity index (χ3n) is 4.63. The van der Waals surface area contributed by atoms with Gasteiger partial charge in [-0.15, -0.1) is 0 Å². The lowest BCUT2D eigenvalue weighted by Gasteiger charge is -2.19. The first kappa shape index (κ1) is 16.7. The van der Waals surface area contributed by atoms with Crippen molar-refractivity contribution in [3.8, 4) is 0 Å². The summed E-state index contributed by atoms with van der Waals surface area (Å²) in [5.74, 6) is 0.857. The van der Waals surface area contributed by atoms with E-state index in [-0.39, 0.29) is 11.5 Å². The van der Waals surface area contributed by atoms with Crippen LogP contribution >= 0.6 is 0 Å². The summed E-state index contributed by atoms with van der Waals surface area (Å²) in [6.07, 6.45) is 2.06. The highest BCUT2D eigenvalue weighted by Crippen LogP contribution is 2.26. The Kier molecular flexibility index (Phi) is 5.00. The summed E-state index contributed by atoms with van der Waals surface area (Å²) in [5.41, 5.74) is 2.81. The highest BCUT2D eigenvalue weighted by Gasteiger charge is 2.25. The highest BCUT2D eigenvalue weighted by molar-refractivity contribution is 5.27. The van der Waals surface area contributed by atoms with Gasteiger partial charge < -0.3 is 4.98 Å². The van der Waals surface area contributed by atoms with E-state index in [1.54, 1.807) is 0 Å². The van der Waals surface area contributed by atoms with Crippen molar-refractivity contribution < 1.29 is 0 Å². The predicted molar refractivity (Wildman–Crippen MR) is 95.3 cm³/mol. The number of H-pyrrole nitrogens is 2. The smallest absolute Gasteiger partial charge is 0.311 e. The number of hydrogen-bond acceptors (Lipinski definition) is 3. The fourth-order valence-electron chi connectivity index (χ4n) is 3.53. The van der Waals surface area contributed by atoms with Crippen LogP contribution in [0.15, 0.2) is 39.9 Å². The number of aromatic nitrogens is 2. The molecule has 1 aliphatic rings. The van der Waals surface area contributed by atoms with E-state index < -0.39 is 5.69 Å². The molecular formula is C19H25N3O2. The number of aromatic amines is 2. The van der Waals surface area contributed by atoms with Gasteiger partial charge in [0.1, 0.15) is 0 Å². The van der Waals surface area contributed by atoms with Crippen molar-refractivity contribution in [2.45, 2.75) is 39.2 Å². The van der Waals surface area contributed by atoms with Crippen LogP contribution < -0.4 is 11.2 Å². The molecule has 1 aliphatic heterocycles. The van der Waals surface area contributed by atoms with Crippen molar-refractivity contribution in [3.05, 3.63) is 68.0 Å². The molecule has 1 atom stereocenters. The Bertz CT molecular complexity index is 778. The van der Waals surface area contributed by atoms with Crippen molar-refractivity contribution in [1.82, 2.24) is 14.9 Å². The van der Waals surface area contributed by atoms with Crippen LogP contribution in [-0.2, 0) is 13.0 Å². The molecule has 0 bridgehead atoms. The molecule has 3 rings (SSSR count). The van der Waals surface area contributed by atoms with Crippen molar-refractivity contribution in [2.24, 2.45) is 5.92 Å². The minimum atomic E-state index is -0.418. The minimum absolute atomic E-state index is 0.220. The molecule has 0 saturated carbocycles. The van der Waals surface area contributed by atoms with Gasteiger partial charge in [0, 0.05) is 30.8 Å². The van der Waals surface area contributed by atoms with Gasteiger partial charge in [-0.05, 0) is 36.4 Å². The largest absolute Gasteiger partial charge is 0.325 e. The molecule has 2 aromatic rings. The summed E-state index contributed by atoms with van der Waals surface area (Å²) in [5, 5.41) is 0. The molecule has 0 radical (unpaired) electrons. The topological polar surface area (TPSA) is 69.0 Å². The minimum Gasteiger partial charge on any atom is -0.311 e. The molecule has 0 spiro atoms. The maximum Gasteiger partial charge on any atom is 0.325 e. The standard InChI is InChI=1S/C19H25N3O2/c1-13(2)9-14-5-3-4-6-15(14)11-22-8-7-16(12-22)17-10-18(23)21-19(24)20-17/h3-6,10,13,16H,7-9,11-12H2,1-2H3,(H2,20,21,23,24). The van der Waals surface area contributed by atoms with Crippen LogP contribution in [0.2, 0.25) is 0 Å². The quantitative estimate of drug-likeness (QED) is 0.885. The summed E-state index contributed by atoms with van der Waals surface area (Å²) >= 11 is 0. The molecule has 2 N–H and O–H groups in total. The zero-order chi connectivity index (χ0) is 17.1. The van der Waals surface area contributed by atoms with Gasteiger partial charge >= 0.3 is 5.69 Å². The highest BCUT2D eigenvalue weighted by atomic mass is 16.2. The van der Waals surface area contributed by atoms with Gasteiger partial charge in [-0.1, -0.05) is 38.1 Å². The molecule has 1 fully saturated rings. The van der Waals surface area contributed by atoms with Gasteiger partial charge in [-0.3, -0.25) is 14.7 Å². The molecule has 5 heteroatoms. The first-order chi connectivity index (χ1) is 11.5. The number of nitrogens with one attached hydrogen (secondary N) is 2. The molecule has 128 valence electrons. The zero-order valence-corrected chi connectivity index (χ0v) is 14.3. The van der Waals surface area contributed by atoms with Crippen LogP contribution in [0.1, 0.15) is 43.0 Å². The first-order valence-corrected chi connectivity index (χ1v) is 8.64. The maximum atomic E-state index is 11.5. The molecule has 2 heterocycles. The SMILES string of the molecule is CC(C)Cc1ccccc1CN1CCC(c2cc(=O)[nH]c(=O)[nH]2)C1. The lowest BCUT2D eigenvalue weighted by molar-refractivity contribution is 0.324. The van der Waals surface area contributed by atoms with E-state index in [4.69, 9.17) is 0 Å². The molecule has 0 aliphatic carbocycles. The van der Waals surface area contributed by atoms with Gasteiger partial charge in [-0.2, -0.15) is 0 Å². The Balaban J connectivity index is 1.71. The number of hydrogen-bond donors (Lipinski definition) is 2. The van der Waals surface area contributed by atoms with E-state index in [0.29, 0.717) is 5.92 Å². The number of likely N-dealkylation sites (tertiary alicyclic amines) is 1. The molecule has 1 aromatic heterocycles. The molecule has 1 aromatic carbocycles. The first-order valence-electron chi connectivity index (χ1n) is 8.64. The summed E-state index contributed by atoms with van der Waals surface area (Å²) in [4.78, 5) is 30.4. The fourth-order valence-corrected chi connectivity index (χ4v) is 3.53. The Morgan fingerprint density at radius 2 is 1.92 bits per heavy atom. The Labute approximate surface area is 141 Å². The van der Waals surface area contributed by atoms with Gasteiger partial charge in [0.05, 0.1) is 0 Å². The number of benzene rings is 1. The molecule has 24 heavy (non-hydrogen) atoms. The van der Waals surface area contributed by atoms with E-state index in [9.17, 15) is 9.59 Å². The van der Waals surface area contributed by atoms with Crippen molar-refractivity contribution in [2.75, 3.05) is 13.1 Å². The van der Waals surface area contributed by atoms with E-state index in [1.807, 2.05) is 0 Å². The second-order valence-electron chi connectivity index (χ2n) is 7.13. The average Bonchev–Trinajstić information content (AvgIpc) is 2.96. The normalized spacial score (nSPS) is 18.4. The number of rotatable bonds is 5. The molecule has 1 saturated heterocycles. The van der Waals surface area contributed by atoms with E-state index in [1.165, 1.54) is 17.2 Å². The van der Waals surface area contributed by atoms with Gasteiger partial charge in [-0.25, -0.2) is 4.79 Å². The average molecular weight is 327 g/mol. The van der Waals surface area contributed by atoms with Gasteiger partial charge in [0.2, 0.25) is 0 Å². The summed E-state index contributed by atoms with van der Waals surface area (Å²) in [7, 11) is 0. The zero-order valence-electron chi connectivity index (χ0n) is 14.3. The summed E-state index contributed by atoms with van der Waals surface area (Å²) < 4.78 is 0. The van der Waals surface area contributed by atoms with Crippen LogP contribution in [0, 0.1) is 5.92 Å². The van der Waals surface area contributed by atoms with Crippen molar-refractivity contribution in [1.29, 1.82) is 0 Å². The maximum absolute atomic E-state index is 11.5. The molecule has 1 unspecified atom stereocenters. The van der Waals surface area contributed by atoms with E-state index >= 15 is 0 Å². The monoisotopic (exact) mass is 327 g/mol.